The van der Waals surface area contributed by atoms with Crippen molar-refractivity contribution in [2.24, 2.45) is 0 Å². The second kappa shape index (κ2) is 8.70. The summed E-state index contributed by atoms with van der Waals surface area (Å²) >= 11 is 0. The molecule has 0 saturated carbocycles. The number of carbonyl (C=O) groups excluding carboxylic acids is 1. The third-order valence-electron chi connectivity index (χ3n) is 5.19. The van der Waals surface area contributed by atoms with Crippen LogP contribution in [0.2, 0.25) is 0 Å². The smallest absolute Gasteiger partial charge is 0.242 e. The molecule has 28 heavy (non-hydrogen) atoms. The van der Waals surface area contributed by atoms with Gasteiger partial charge in [-0.15, -0.1) is 0 Å². The van der Waals surface area contributed by atoms with E-state index in [4.69, 9.17) is 9.47 Å². The van der Waals surface area contributed by atoms with Crippen LogP contribution in [0.5, 0.6) is 5.75 Å². The second-order valence-corrected chi connectivity index (χ2v) is 7.08. The lowest BCUT2D eigenvalue weighted by Crippen LogP contribution is -2.39. The number of hydrazine groups is 1. The zero-order valence-electron chi connectivity index (χ0n) is 15.9. The van der Waals surface area contributed by atoms with Crippen LogP contribution in [0.4, 0.5) is 5.69 Å². The summed E-state index contributed by atoms with van der Waals surface area (Å²) in [5.41, 5.74) is 9.28. The van der Waals surface area contributed by atoms with E-state index < -0.39 is 0 Å². The summed E-state index contributed by atoms with van der Waals surface area (Å²) in [4.78, 5) is 12.6. The predicted molar refractivity (Wildman–Crippen MR) is 107 cm³/mol. The Morgan fingerprint density at radius 3 is 2.75 bits per heavy atom. The topological polar surface area (TPSA) is 83.7 Å². The van der Waals surface area contributed by atoms with Crippen LogP contribution in [0.1, 0.15) is 29.7 Å². The molecule has 2 heterocycles. The van der Waals surface area contributed by atoms with Crippen molar-refractivity contribution >= 4 is 11.6 Å². The predicted octanol–water partition coefficient (Wildman–Crippen LogP) is 1.90. The lowest BCUT2D eigenvalue weighted by atomic mass is 10.0. The largest absolute Gasteiger partial charge is 0.497 e. The second-order valence-electron chi connectivity index (χ2n) is 7.08. The van der Waals surface area contributed by atoms with E-state index in [1.165, 1.54) is 0 Å². The number of hydrogen-bond donors (Lipinski definition) is 4. The van der Waals surface area contributed by atoms with Crippen molar-refractivity contribution in [1.82, 2.24) is 16.2 Å². The van der Waals surface area contributed by atoms with Gasteiger partial charge >= 0.3 is 0 Å². The molecular weight excluding hydrogens is 356 g/mol. The van der Waals surface area contributed by atoms with E-state index in [1.807, 2.05) is 48.5 Å². The molecule has 4 rings (SSSR count). The Balaban J connectivity index is 1.33. The zero-order chi connectivity index (χ0) is 19.3. The Hall–Kier alpha value is -2.45. The zero-order valence-corrected chi connectivity index (χ0v) is 15.9. The minimum Gasteiger partial charge on any atom is -0.497 e. The van der Waals surface area contributed by atoms with Crippen LogP contribution in [0.25, 0.3) is 0 Å². The van der Waals surface area contributed by atoms with Crippen LogP contribution in [0, 0.1) is 0 Å². The third-order valence-corrected chi connectivity index (χ3v) is 5.19. The Bertz CT molecular complexity index is 806. The number of nitrogens with one attached hydrogen (secondary N) is 4. The summed E-state index contributed by atoms with van der Waals surface area (Å²) in [5, 5.41) is 6.31. The summed E-state index contributed by atoms with van der Waals surface area (Å²) < 4.78 is 11.0. The number of rotatable bonds is 5. The summed E-state index contributed by atoms with van der Waals surface area (Å²) in [6, 6.07) is 15.5. The highest BCUT2D eigenvalue weighted by Gasteiger charge is 2.30. The van der Waals surface area contributed by atoms with Crippen molar-refractivity contribution in [3.8, 4) is 5.75 Å². The van der Waals surface area contributed by atoms with Gasteiger partial charge in [0.25, 0.3) is 0 Å². The minimum atomic E-state index is -0.304. The van der Waals surface area contributed by atoms with Gasteiger partial charge in [-0.3, -0.25) is 4.79 Å². The molecule has 0 bridgehead atoms. The Morgan fingerprint density at radius 2 is 2.00 bits per heavy atom. The van der Waals surface area contributed by atoms with E-state index in [9.17, 15) is 4.79 Å². The van der Waals surface area contributed by atoms with Crippen molar-refractivity contribution in [2.75, 3.05) is 32.1 Å². The van der Waals surface area contributed by atoms with Crippen molar-refractivity contribution < 1.29 is 14.3 Å². The maximum Gasteiger partial charge on any atom is 0.242 e. The van der Waals surface area contributed by atoms with Gasteiger partial charge in [0, 0.05) is 24.8 Å². The van der Waals surface area contributed by atoms with Crippen molar-refractivity contribution in [3.63, 3.8) is 0 Å². The first kappa shape index (κ1) is 18.9. The lowest BCUT2D eigenvalue weighted by molar-refractivity contribution is -0.117. The van der Waals surface area contributed by atoms with Crippen molar-refractivity contribution in [3.05, 3.63) is 59.7 Å². The quantitative estimate of drug-likeness (QED) is 0.632. The molecule has 2 aromatic carbocycles. The van der Waals surface area contributed by atoms with Gasteiger partial charge in [0.05, 0.1) is 19.8 Å². The normalized spacial score (nSPS) is 24.7. The van der Waals surface area contributed by atoms with Crippen LogP contribution in [0.3, 0.4) is 0 Å². The van der Waals surface area contributed by atoms with E-state index in [-0.39, 0.29) is 24.1 Å². The fourth-order valence-corrected chi connectivity index (χ4v) is 3.59. The maximum atomic E-state index is 12.6. The van der Waals surface area contributed by atoms with E-state index in [1.54, 1.807) is 7.11 Å². The number of amides is 1. The molecule has 0 spiro atoms. The van der Waals surface area contributed by atoms with Gasteiger partial charge < -0.3 is 20.1 Å². The molecule has 0 aromatic heterocycles. The molecule has 0 radical (unpaired) electrons. The van der Waals surface area contributed by atoms with E-state index in [0.717, 1.165) is 42.3 Å². The van der Waals surface area contributed by atoms with Gasteiger partial charge in [0.15, 0.2) is 0 Å². The van der Waals surface area contributed by atoms with Gasteiger partial charge in [-0.2, -0.15) is 0 Å². The van der Waals surface area contributed by atoms with Gasteiger partial charge in [0.2, 0.25) is 5.91 Å². The van der Waals surface area contributed by atoms with E-state index >= 15 is 0 Å². The van der Waals surface area contributed by atoms with Crippen LogP contribution < -0.4 is 26.2 Å². The summed E-state index contributed by atoms with van der Waals surface area (Å²) in [6.07, 6.45) is 0.737. The van der Waals surface area contributed by atoms with Crippen LogP contribution >= 0.6 is 0 Å². The molecule has 3 atom stereocenters. The number of morpholine rings is 1. The highest BCUT2D eigenvalue weighted by molar-refractivity contribution is 5.95. The highest BCUT2D eigenvalue weighted by atomic mass is 16.5. The molecule has 2 unspecified atom stereocenters. The average Bonchev–Trinajstić information content (AvgIpc) is 3.25. The molecule has 2 fully saturated rings. The number of hydrogen-bond acceptors (Lipinski definition) is 6. The molecule has 4 N–H and O–H groups in total. The first-order valence-electron chi connectivity index (χ1n) is 9.61. The highest BCUT2D eigenvalue weighted by Crippen LogP contribution is 2.26. The van der Waals surface area contributed by atoms with Crippen molar-refractivity contribution in [2.45, 2.75) is 24.6 Å². The minimum absolute atomic E-state index is 0.0544. The van der Waals surface area contributed by atoms with Gasteiger partial charge in [-0.05, 0) is 41.8 Å². The Labute approximate surface area is 164 Å². The summed E-state index contributed by atoms with van der Waals surface area (Å²) in [5.74, 6) is 0.755. The van der Waals surface area contributed by atoms with E-state index in [0.29, 0.717) is 6.42 Å². The molecule has 2 aliphatic rings. The monoisotopic (exact) mass is 382 g/mol. The number of ether oxygens (including phenoxy) is 2. The Morgan fingerprint density at radius 1 is 1.14 bits per heavy atom. The summed E-state index contributed by atoms with van der Waals surface area (Å²) in [6.45, 7) is 2.43. The molecule has 148 valence electrons. The van der Waals surface area contributed by atoms with Crippen molar-refractivity contribution in [1.29, 1.82) is 0 Å². The number of carbonyl (C=O) groups is 1. The number of methoxy groups -OCH3 is 1. The lowest BCUT2D eigenvalue weighted by Gasteiger charge is -2.24. The fraction of sp³-hybridized carbons (Fsp3) is 0.381. The number of benzene rings is 2. The SMILES string of the molecule is COc1cccc(C2CC(C(=O)Nc3ccc([C@@H]4CNCCO4)cc3)NN2)c1. The van der Waals surface area contributed by atoms with Crippen LogP contribution in [-0.4, -0.2) is 38.8 Å². The Kier molecular flexibility index (Phi) is 5.87. The van der Waals surface area contributed by atoms with Crippen LogP contribution in [-0.2, 0) is 9.53 Å². The first-order valence-corrected chi connectivity index (χ1v) is 9.61. The average molecular weight is 382 g/mol. The molecule has 2 saturated heterocycles. The van der Waals surface area contributed by atoms with Gasteiger partial charge in [-0.1, -0.05) is 24.3 Å². The fourth-order valence-electron chi connectivity index (χ4n) is 3.59. The van der Waals surface area contributed by atoms with E-state index in [2.05, 4.69) is 21.5 Å². The molecule has 7 nitrogen and oxygen atoms in total. The van der Waals surface area contributed by atoms with Crippen LogP contribution in [0.15, 0.2) is 48.5 Å². The standard InChI is InChI=1S/C21H26N4O3/c1-27-17-4-2-3-15(11-17)18-12-19(25-24-18)21(26)23-16-7-5-14(6-8-16)20-13-22-9-10-28-20/h2-8,11,18-20,22,24-25H,9-10,12-13H2,1H3,(H,23,26)/t18?,19?,20-/m0/s1. The van der Waals surface area contributed by atoms with Gasteiger partial charge in [-0.25, -0.2) is 10.9 Å². The van der Waals surface area contributed by atoms with Gasteiger partial charge in [0.1, 0.15) is 11.8 Å². The molecule has 1 amide bonds. The molecule has 0 aliphatic carbocycles. The first-order chi connectivity index (χ1) is 13.7. The summed E-state index contributed by atoms with van der Waals surface area (Å²) in [7, 11) is 1.65. The third kappa shape index (κ3) is 4.34. The number of anilines is 1. The molecule has 2 aromatic rings. The molecular formula is C21H26N4O3. The maximum absolute atomic E-state index is 12.6. The molecule has 7 heteroatoms. The molecule has 2 aliphatic heterocycles.